The van der Waals surface area contributed by atoms with E-state index in [0.717, 1.165) is 24.3 Å². The van der Waals surface area contributed by atoms with Crippen LogP contribution in [0.25, 0.3) is 0 Å². The zero-order chi connectivity index (χ0) is 18.7. The molecule has 1 amide bonds. The summed E-state index contributed by atoms with van der Waals surface area (Å²) in [5.41, 5.74) is 4.19. The second-order valence-corrected chi connectivity index (χ2v) is 9.05. The molecule has 0 bridgehead atoms. The van der Waals surface area contributed by atoms with Crippen molar-refractivity contribution in [1.82, 2.24) is 0 Å². The van der Waals surface area contributed by atoms with Crippen molar-refractivity contribution < 1.29 is 13.2 Å². The van der Waals surface area contributed by atoms with Crippen LogP contribution in [0, 0.1) is 6.92 Å². The number of aryl methyl sites for hydroxylation is 1. The Labute approximate surface area is 154 Å². The summed E-state index contributed by atoms with van der Waals surface area (Å²) < 4.78 is 22.7. The Kier molecular flexibility index (Phi) is 5.32. The minimum atomic E-state index is -3.08. The molecular formula is C20H24N2O3S. The molecule has 3 rings (SSSR count). The molecule has 0 saturated carbocycles. The van der Waals surface area contributed by atoms with Crippen molar-refractivity contribution in [1.29, 1.82) is 0 Å². The van der Waals surface area contributed by atoms with Gasteiger partial charge < -0.3 is 10.2 Å². The highest BCUT2D eigenvalue weighted by Crippen LogP contribution is 2.26. The van der Waals surface area contributed by atoms with Crippen LogP contribution in [-0.4, -0.2) is 33.7 Å². The number of hydrogen-bond acceptors (Lipinski definition) is 4. The molecule has 5 nitrogen and oxygen atoms in total. The molecule has 0 radical (unpaired) electrons. The van der Waals surface area contributed by atoms with Crippen molar-refractivity contribution in [3.63, 3.8) is 0 Å². The molecule has 26 heavy (non-hydrogen) atoms. The normalized spacial score (nSPS) is 14.5. The molecule has 1 aliphatic heterocycles. The number of carbonyl (C=O) groups excluding carboxylic acids is 1. The lowest BCUT2D eigenvalue weighted by Crippen LogP contribution is -2.18. The molecule has 6 heteroatoms. The first-order valence-corrected chi connectivity index (χ1v) is 10.8. The lowest BCUT2D eigenvalue weighted by Gasteiger charge is -2.19. The Balaban J connectivity index is 1.69. The minimum Gasteiger partial charge on any atom is -0.372 e. The van der Waals surface area contributed by atoms with E-state index in [1.165, 1.54) is 24.8 Å². The van der Waals surface area contributed by atoms with Crippen molar-refractivity contribution in [2.24, 2.45) is 0 Å². The average Bonchev–Trinajstić information content (AvgIpc) is 3.10. The van der Waals surface area contributed by atoms with Gasteiger partial charge in [-0.15, -0.1) is 0 Å². The summed E-state index contributed by atoms with van der Waals surface area (Å²) in [4.78, 5) is 14.8. The fraction of sp³-hybridized carbons (Fsp3) is 0.350. The number of sulfone groups is 1. The molecule has 0 aliphatic carbocycles. The number of rotatable bonds is 5. The van der Waals surface area contributed by atoms with Gasteiger partial charge in [0.15, 0.2) is 9.84 Å². The SMILES string of the molecule is Cc1cc(N2CCCC2)ccc1NC(=O)c1ccc(CS(C)(=O)=O)cc1. The third kappa shape index (κ3) is 4.64. The summed E-state index contributed by atoms with van der Waals surface area (Å²) in [5, 5.41) is 2.94. The minimum absolute atomic E-state index is 0.0219. The Morgan fingerprint density at radius 3 is 2.31 bits per heavy atom. The van der Waals surface area contributed by atoms with Gasteiger partial charge in [0, 0.05) is 36.3 Å². The van der Waals surface area contributed by atoms with Crippen LogP contribution in [-0.2, 0) is 15.6 Å². The highest BCUT2D eigenvalue weighted by Gasteiger charge is 2.14. The third-order valence-electron chi connectivity index (χ3n) is 4.57. The molecule has 0 spiro atoms. The van der Waals surface area contributed by atoms with Crippen LogP contribution < -0.4 is 10.2 Å². The van der Waals surface area contributed by atoms with Gasteiger partial charge in [-0.25, -0.2) is 8.42 Å². The lowest BCUT2D eigenvalue weighted by molar-refractivity contribution is 0.102. The number of hydrogen-bond donors (Lipinski definition) is 1. The molecule has 2 aromatic carbocycles. The van der Waals surface area contributed by atoms with E-state index >= 15 is 0 Å². The first kappa shape index (κ1) is 18.5. The van der Waals surface area contributed by atoms with Crippen LogP contribution in [0.3, 0.4) is 0 Å². The zero-order valence-corrected chi connectivity index (χ0v) is 16.0. The molecular weight excluding hydrogens is 348 g/mol. The molecule has 0 atom stereocenters. The number of nitrogens with zero attached hydrogens (tertiary/aromatic N) is 1. The fourth-order valence-corrected chi connectivity index (χ4v) is 4.01. The van der Waals surface area contributed by atoms with Crippen molar-refractivity contribution in [3.8, 4) is 0 Å². The highest BCUT2D eigenvalue weighted by molar-refractivity contribution is 7.89. The number of benzene rings is 2. The maximum Gasteiger partial charge on any atom is 0.255 e. The van der Waals surface area contributed by atoms with Gasteiger partial charge in [-0.1, -0.05) is 12.1 Å². The van der Waals surface area contributed by atoms with E-state index < -0.39 is 9.84 Å². The summed E-state index contributed by atoms with van der Waals surface area (Å²) in [6.45, 7) is 4.17. The van der Waals surface area contributed by atoms with E-state index in [-0.39, 0.29) is 11.7 Å². The second kappa shape index (κ2) is 7.50. The Bertz CT molecular complexity index is 899. The first-order valence-electron chi connectivity index (χ1n) is 8.75. The van der Waals surface area contributed by atoms with Gasteiger partial charge in [0.25, 0.3) is 5.91 Å². The molecule has 1 saturated heterocycles. The monoisotopic (exact) mass is 372 g/mol. The van der Waals surface area contributed by atoms with Crippen LogP contribution in [0.5, 0.6) is 0 Å². The van der Waals surface area contributed by atoms with E-state index in [1.807, 2.05) is 19.1 Å². The quantitative estimate of drug-likeness (QED) is 0.874. The van der Waals surface area contributed by atoms with E-state index in [2.05, 4.69) is 16.3 Å². The number of carbonyl (C=O) groups is 1. The standard InChI is InChI=1S/C20H24N2O3S/c1-15-13-18(22-11-3-4-12-22)9-10-19(15)21-20(23)17-7-5-16(6-8-17)14-26(2,24)25/h5-10,13H,3-4,11-12,14H2,1-2H3,(H,21,23). The second-order valence-electron chi connectivity index (χ2n) is 6.91. The van der Waals surface area contributed by atoms with E-state index in [4.69, 9.17) is 0 Å². The maximum absolute atomic E-state index is 12.5. The molecule has 138 valence electrons. The predicted molar refractivity (Wildman–Crippen MR) is 106 cm³/mol. The topological polar surface area (TPSA) is 66.5 Å². The van der Waals surface area contributed by atoms with Gasteiger partial charge in [0.2, 0.25) is 0 Å². The molecule has 2 aromatic rings. The smallest absolute Gasteiger partial charge is 0.255 e. The summed E-state index contributed by atoms with van der Waals surface area (Å²) in [6, 6.07) is 12.8. The van der Waals surface area contributed by atoms with Crippen LogP contribution in [0.1, 0.15) is 34.3 Å². The van der Waals surface area contributed by atoms with Gasteiger partial charge in [-0.3, -0.25) is 4.79 Å². The summed E-state index contributed by atoms with van der Waals surface area (Å²) in [7, 11) is -3.08. The van der Waals surface area contributed by atoms with Gasteiger partial charge in [0.05, 0.1) is 5.75 Å². The number of anilines is 2. The Morgan fingerprint density at radius 1 is 1.08 bits per heavy atom. The van der Waals surface area contributed by atoms with Crippen molar-refractivity contribution in [2.75, 3.05) is 29.6 Å². The summed E-state index contributed by atoms with van der Waals surface area (Å²) in [6.07, 6.45) is 3.65. The molecule has 1 heterocycles. The highest BCUT2D eigenvalue weighted by atomic mass is 32.2. The van der Waals surface area contributed by atoms with Crippen LogP contribution >= 0.6 is 0 Å². The molecule has 1 aliphatic rings. The van der Waals surface area contributed by atoms with Crippen molar-refractivity contribution >= 4 is 27.1 Å². The van der Waals surface area contributed by atoms with Crippen LogP contribution in [0.2, 0.25) is 0 Å². The van der Waals surface area contributed by atoms with Gasteiger partial charge in [-0.05, 0) is 61.2 Å². The van der Waals surface area contributed by atoms with Gasteiger partial charge in [-0.2, -0.15) is 0 Å². The van der Waals surface area contributed by atoms with E-state index in [9.17, 15) is 13.2 Å². The molecule has 1 fully saturated rings. The molecule has 1 N–H and O–H groups in total. The van der Waals surface area contributed by atoms with E-state index in [0.29, 0.717) is 11.1 Å². The van der Waals surface area contributed by atoms with Crippen molar-refractivity contribution in [2.45, 2.75) is 25.5 Å². The predicted octanol–water partition coefficient (Wildman–Crippen LogP) is 3.39. The largest absolute Gasteiger partial charge is 0.372 e. The third-order valence-corrected chi connectivity index (χ3v) is 5.43. The average molecular weight is 372 g/mol. The fourth-order valence-electron chi connectivity index (χ4n) is 3.21. The zero-order valence-electron chi connectivity index (χ0n) is 15.2. The van der Waals surface area contributed by atoms with Crippen LogP contribution in [0.15, 0.2) is 42.5 Å². The maximum atomic E-state index is 12.5. The van der Waals surface area contributed by atoms with Gasteiger partial charge in [0.1, 0.15) is 0 Å². The molecule has 0 aromatic heterocycles. The first-order chi connectivity index (χ1) is 12.3. The summed E-state index contributed by atoms with van der Waals surface area (Å²) >= 11 is 0. The van der Waals surface area contributed by atoms with Crippen molar-refractivity contribution in [3.05, 3.63) is 59.2 Å². The summed E-state index contributed by atoms with van der Waals surface area (Å²) in [5.74, 6) is -0.223. The van der Waals surface area contributed by atoms with E-state index in [1.54, 1.807) is 24.3 Å². The number of amides is 1. The Hall–Kier alpha value is -2.34. The Morgan fingerprint density at radius 2 is 1.73 bits per heavy atom. The lowest BCUT2D eigenvalue weighted by atomic mass is 10.1. The number of nitrogens with one attached hydrogen (secondary N) is 1. The molecule has 0 unspecified atom stereocenters. The van der Waals surface area contributed by atoms with Crippen LogP contribution in [0.4, 0.5) is 11.4 Å². The van der Waals surface area contributed by atoms with Gasteiger partial charge >= 0.3 is 0 Å².